The summed E-state index contributed by atoms with van der Waals surface area (Å²) in [6, 6.07) is 17.1. The first-order valence-corrected chi connectivity index (χ1v) is 10.8. The maximum Gasteiger partial charge on any atom is 0.334 e. The van der Waals surface area contributed by atoms with E-state index in [1.54, 1.807) is 0 Å². The Balaban J connectivity index is 1.68. The van der Waals surface area contributed by atoms with Crippen LogP contribution < -0.4 is 5.73 Å². The number of esters is 2. The Morgan fingerprint density at radius 3 is 2.23 bits per heavy atom. The summed E-state index contributed by atoms with van der Waals surface area (Å²) in [5.41, 5.74) is 7.98. The second-order valence-electron chi connectivity index (χ2n) is 7.26. The van der Waals surface area contributed by atoms with Gasteiger partial charge in [-0.15, -0.1) is 11.8 Å². The standard InChI is InChI=1S/C23H22N2O5S/c1-29-17(26)12-16-13-31-22-18(24)21(27)25(22)19(16)23(28)30-20(14-8-4-2-5-9-14)15-10-6-3-7-11-15/h2-12,18-20,22H,13,24H2,1H3/t18-,19?,22+/m1/s1. The quantitative estimate of drug-likeness (QED) is 0.433. The van der Waals surface area contributed by atoms with E-state index in [4.69, 9.17) is 15.2 Å². The molecule has 0 spiro atoms. The van der Waals surface area contributed by atoms with Gasteiger partial charge in [0.2, 0.25) is 5.91 Å². The van der Waals surface area contributed by atoms with Gasteiger partial charge in [-0.2, -0.15) is 0 Å². The third kappa shape index (κ3) is 4.08. The van der Waals surface area contributed by atoms with Crippen molar-refractivity contribution in [3.05, 3.63) is 83.4 Å². The van der Waals surface area contributed by atoms with Crippen molar-refractivity contribution in [2.24, 2.45) is 5.73 Å². The fraction of sp³-hybridized carbons (Fsp3) is 0.261. The number of methoxy groups -OCH3 is 1. The zero-order chi connectivity index (χ0) is 22.0. The first-order chi connectivity index (χ1) is 15.0. The molecule has 0 aromatic heterocycles. The number of nitrogens with two attached hydrogens (primary N) is 1. The largest absolute Gasteiger partial charge is 0.466 e. The van der Waals surface area contributed by atoms with Gasteiger partial charge in [0, 0.05) is 11.8 Å². The summed E-state index contributed by atoms with van der Waals surface area (Å²) in [7, 11) is 1.26. The molecule has 2 heterocycles. The number of rotatable bonds is 5. The van der Waals surface area contributed by atoms with E-state index in [2.05, 4.69) is 0 Å². The number of nitrogens with zero attached hydrogens (tertiary/aromatic N) is 1. The maximum atomic E-state index is 13.4. The van der Waals surface area contributed by atoms with Gasteiger partial charge in [0.25, 0.3) is 0 Å². The molecule has 2 aromatic rings. The third-order valence-corrected chi connectivity index (χ3v) is 6.70. The van der Waals surface area contributed by atoms with Crippen LogP contribution in [0.3, 0.4) is 0 Å². The average Bonchev–Trinajstić information content (AvgIpc) is 2.82. The van der Waals surface area contributed by atoms with Crippen molar-refractivity contribution < 1.29 is 23.9 Å². The lowest BCUT2D eigenvalue weighted by Crippen LogP contribution is -2.73. The van der Waals surface area contributed by atoms with Gasteiger partial charge in [0.05, 0.1) is 7.11 Å². The molecule has 31 heavy (non-hydrogen) atoms. The van der Waals surface area contributed by atoms with Crippen LogP contribution in [-0.4, -0.2) is 53.1 Å². The SMILES string of the molecule is COC(=O)C=C1CS[C@H]2[C@H](N)C(=O)N2C1C(=O)OC(c1ccccc1)c1ccccc1. The zero-order valence-electron chi connectivity index (χ0n) is 16.8. The van der Waals surface area contributed by atoms with Gasteiger partial charge in [-0.3, -0.25) is 4.79 Å². The van der Waals surface area contributed by atoms with Gasteiger partial charge in [-0.05, 0) is 16.7 Å². The van der Waals surface area contributed by atoms with Crippen molar-refractivity contribution in [3.63, 3.8) is 0 Å². The number of amides is 1. The van der Waals surface area contributed by atoms with Gasteiger partial charge in [-0.1, -0.05) is 60.7 Å². The van der Waals surface area contributed by atoms with Crippen LogP contribution in [0.1, 0.15) is 17.2 Å². The van der Waals surface area contributed by atoms with Crippen LogP contribution in [0, 0.1) is 0 Å². The van der Waals surface area contributed by atoms with E-state index in [9.17, 15) is 14.4 Å². The van der Waals surface area contributed by atoms with Crippen molar-refractivity contribution in [1.82, 2.24) is 4.90 Å². The molecule has 4 rings (SSSR count). The molecule has 0 radical (unpaired) electrons. The van der Waals surface area contributed by atoms with Gasteiger partial charge in [0.15, 0.2) is 12.1 Å². The van der Waals surface area contributed by atoms with E-state index in [1.165, 1.54) is 29.8 Å². The second kappa shape index (κ2) is 8.95. The first kappa shape index (κ1) is 21.1. The molecule has 2 aliphatic rings. The van der Waals surface area contributed by atoms with Crippen LogP contribution in [0.4, 0.5) is 0 Å². The van der Waals surface area contributed by atoms with Gasteiger partial charge < -0.3 is 20.1 Å². The predicted molar refractivity (Wildman–Crippen MR) is 116 cm³/mol. The van der Waals surface area contributed by atoms with E-state index in [-0.39, 0.29) is 11.3 Å². The van der Waals surface area contributed by atoms with E-state index >= 15 is 0 Å². The Labute approximate surface area is 184 Å². The summed E-state index contributed by atoms with van der Waals surface area (Å²) >= 11 is 1.41. The fourth-order valence-electron chi connectivity index (χ4n) is 3.77. The molecule has 2 saturated heterocycles. The molecule has 7 nitrogen and oxygen atoms in total. The van der Waals surface area contributed by atoms with E-state index in [0.717, 1.165) is 11.1 Å². The van der Waals surface area contributed by atoms with Crippen molar-refractivity contribution in [1.29, 1.82) is 0 Å². The number of ether oxygens (including phenoxy) is 2. The number of hydrogen-bond acceptors (Lipinski definition) is 7. The molecule has 160 valence electrons. The highest BCUT2D eigenvalue weighted by Gasteiger charge is 2.55. The molecule has 0 aliphatic carbocycles. The van der Waals surface area contributed by atoms with Crippen molar-refractivity contribution in [2.75, 3.05) is 12.9 Å². The predicted octanol–water partition coefficient (Wildman–Crippen LogP) is 2.03. The Bertz CT molecular complexity index is 972. The zero-order valence-corrected chi connectivity index (χ0v) is 17.7. The second-order valence-corrected chi connectivity index (χ2v) is 8.36. The average molecular weight is 439 g/mol. The third-order valence-electron chi connectivity index (χ3n) is 5.34. The number of hydrogen-bond donors (Lipinski definition) is 1. The Kier molecular flexibility index (Phi) is 6.11. The highest BCUT2D eigenvalue weighted by atomic mass is 32.2. The first-order valence-electron chi connectivity index (χ1n) is 9.79. The summed E-state index contributed by atoms with van der Waals surface area (Å²) in [6.45, 7) is 0. The molecule has 0 saturated carbocycles. The summed E-state index contributed by atoms with van der Waals surface area (Å²) in [6.07, 6.45) is 0.596. The molecule has 1 unspecified atom stereocenters. The van der Waals surface area contributed by atoms with Crippen LogP contribution in [0.25, 0.3) is 0 Å². The minimum Gasteiger partial charge on any atom is -0.466 e. The van der Waals surface area contributed by atoms with Crippen molar-refractivity contribution in [2.45, 2.75) is 23.6 Å². The van der Waals surface area contributed by atoms with Gasteiger partial charge in [0.1, 0.15) is 11.4 Å². The van der Waals surface area contributed by atoms with Crippen molar-refractivity contribution >= 4 is 29.6 Å². The van der Waals surface area contributed by atoms with E-state index < -0.39 is 30.1 Å². The minimum absolute atomic E-state index is 0.327. The van der Waals surface area contributed by atoms with Crippen molar-refractivity contribution in [3.8, 4) is 0 Å². The Morgan fingerprint density at radius 2 is 1.68 bits per heavy atom. The molecule has 2 aliphatic heterocycles. The van der Waals surface area contributed by atoms with Crippen LogP contribution in [0.15, 0.2) is 72.3 Å². The normalized spacial score (nSPS) is 23.8. The number of fused-ring (bicyclic) bond motifs is 1. The maximum absolute atomic E-state index is 13.4. The fourth-order valence-corrected chi connectivity index (χ4v) is 5.08. The lowest BCUT2D eigenvalue weighted by atomic mass is 9.97. The summed E-state index contributed by atoms with van der Waals surface area (Å²) in [5.74, 6) is -1.17. The number of β-lactam (4-membered cyclic amide) rings is 1. The van der Waals surface area contributed by atoms with Crippen LogP contribution in [0.5, 0.6) is 0 Å². The molecule has 2 aromatic carbocycles. The highest BCUT2D eigenvalue weighted by molar-refractivity contribution is 8.00. The molecule has 1 amide bonds. The van der Waals surface area contributed by atoms with Gasteiger partial charge in [-0.25, -0.2) is 9.59 Å². The molecule has 2 fully saturated rings. The monoisotopic (exact) mass is 438 g/mol. The Hall–Kier alpha value is -3.10. The summed E-state index contributed by atoms with van der Waals surface area (Å²) in [4.78, 5) is 39.2. The summed E-state index contributed by atoms with van der Waals surface area (Å²) in [5, 5.41) is -0.327. The molecule has 2 N–H and O–H groups in total. The highest BCUT2D eigenvalue weighted by Crippen LogP contribution is 2.40. The molecule has 3 atom stereocenters. The minimum atomic E-state index is -1.02. The Morgan fingerprint density at radius 1 is 1.10 bits per heavy atom. The summed E-state index contributed by atoms with van der Waals surface area (Å²) < 4.78 is 10.7. The molecule has 0 bridgehead atoms. The van der Waals surface area contributed by atoms with Gasteiger partial charge >= 0.3 is 11.9 Å². The van der Waals surface area contributed by atoms with E-state index in [0.29, 0.717) is 11.3 Å². The molecular weight excluding hydrogens is 416 g/mol. The number of thioether (sulfide) groups is 1. The van der Waals surface area contributed by atoms with Crippen LogP contribution >= 0.6 is 11.8 Å². The topological polar surface area (TPSA) is 98.9 Å². The molecule has 8 heteroatoms. The van der Waals surface area contributed by atoms with Crippen LogP contribution in [-0.2, 0) is 23.9 Å². The van der Waals surface area contributed by atoms with Crippen LogP contribution in [0.2, 0.25) is 0 Å². The molecular formula is C23H22N2O5S. The number of benzene rings is 2. The number of carbonyl (C=O) groups is 3. The lowest BCUT2D eigenvalue weighted by Gasteiger charge is -2.51. The van der Waals surface area contributed by atoms with E-state index in [1.807, 2.05) is 60.7 Å². The smallest absolute Gasteiger partial charge is 0.334 e. The number of carbonyl (C=O) groups excluding carboxylic acids is 3. The lowest BCUT2D eigenvalue weighted by molar-refractivity contribution is -0.164.